The fraction of sp³-hybridized carbons (Fsp3) is 0.308. The van der Waals surface area contributed by atoms with E-state index in [1.165, 1.54) is 17.7 Å². The molecule has 0 fully saturated rings. The van der Waals surface area contributed by atoms with Crippen LogP contribution in [0.4, 0.5) is 0 Å². The number of nitrogens with zero attached hydrogens (tertiary/aromatic N) is 3. The van der Waals surface area contributed by atoms with Gasteiger partial charge in [0.1, 0.15) is 23.7 Å². The Hall–Kier alpha value is -4.14. The first kappa shape index (κ1) is 24.0. The number of aromatic nitrogens is 2. The highest BCUT2D eigenvalue weighted by Crippen LogP contribution is 2.25. The number of carbonyl (C=O) groups is 2. The average Bonchev–Trinajstić information content (AvgIpc) is 3.11. The number of ether oxygens (including phenoxy) is 3. The number of esters is 1. The summed E-state index contributed by atoms with van der Waals surface area (Å²) in [6.45, 7) is 2.65. The SMILES string of the molecule is COC(=O)c1c(OCc2ccccn2)cc(=O)n2c1CCN(C(=O)C(C)Oc1ccccc1)CC2. The monoisotopic (exact) mass is 477 g/mol. The standard InChI is InChI=1S/C26H27N3O6/c1-18(35-20-9-4-3-5-10-20)25(31)28-13-11-21-24(26(32)33-2)22(16-23(30)29(21)15-14-28)34-17-19-8-6-7-12-27-19/h3-10,12,16,18H,11,13-15,17H2,1-2H3. The van der Waals surface area contributed by atoms with Gasteiger partial charge in [0.15, 0.2) is 6.10 Å². The van der Waals surface area contributed by atoms with E-state index in [-0.39, 0.29) is 42.4 Å². The smallest absolute Gasteiger partial charge is 0.343 e. The normalized spacial score (nSPS) is 13.8. The molecule has 1 aromatic carbocycles. The molecule has 1 amide bonds. The third kappa shape index (κ3) is 5.51. The van der Waals surface area contributed by atoms with E-state index < -0.39 is 12.1 Å². The van der Waals surface area contributed by atoms with E-state index in [0.29, 0.717) is 30.2 Å². The molecule has 35 heavy (non-hydrogen) atoms. The summed E-state index contributed by atoms with van der Waals surface area (Å²) in [5, 5.41) is 0. The molecule has 3 heterocycles. The van der Waals surface area contributed by atoms with Gasteiger partial charge in [-0.25, -0.2) is 4.79 Å². The number of benzene rings is 1. The van der Waals surface area contributed by atoms with Crippen molar-refractivity contribution in [1.82, 2.24) is 14.5 Å². The molecule has 182 valence electrons. The summed E-state index contributed by atoms with van der Waals surface area (Å²) in [7, 11) is 1.28. The second kappa shape index (κ2) is 10.9. The van der Waals surface area contributed by atoms with Crippen molar-refractivity contribution >= 4 is 11.9 Å². The van der Waals surface area contributed by atoms with Crippen LogP contribution in [0, 0.1) is 0 Å². The number of methoxy groups -OCH3 is 1. The van der Waals surface area contributed by atoms with Crippen LogP contribution in [0.15, 0.2) is 65.6 Å². The van der Waals surface area contributed by atoms with Crippen LogP contribution in [0.25, 0.3) is 0 Å². The van der Waals surface area contributed by atoms with E-state index in [1.807, 2.05) is 24.3 Å². The zero-order chi connectivity index (χ0) is 24.8. The third-order valence-electron chi connectivity index (χ3n) is 5.80. The summed E-state index contributed by atoms with van der Waals surface area (Å²) in [6.07, 6.45) is 1.22. The number of hydrogen-bond acceptors (Lipinski definition) is 7. The van der Waals surface area contributed by atoms with Crippen molar-refractivity contribution in [1.29, 1.82) is 0 Å². The molecule has 1 aliphatic rings. The van der Waals surface area contributed by atoms with Gasteiger partial charge in [-0.1, -0.05) is 24.3 Å². The molecule has 2 aromatic heterocycles. The number of para-hydroxylation sites is 1. The summed E-state index contributed by atoms with van der Waals surface area (Å²) in [4.78, 5) is 44.6. The Labute approximate surface area is 202 Å². The average molecular weight is 478 g/mol. The van der Waals surface area contributed by atoms with E-state index in [9.17, 15) is 14.4 Å². The quantitative estimate of drug-likeness (QED) is 0.482. The molecular formula is C26H27N3O6. The highest BCUT2D eigenvalue weighted by Gasteiger charge is 2.29. The lowest BCUT2D eigenvalue weighted by Crippen LogP contribution is -2.42. The van der Waals surface area contributed by atoms with Crippen molar-refractivity contribution in [2.24, 2.45) is 0 Å². The van der Waals surface area contributed by atoms with Gasteiger partial charge in [-0.3, -0.25) is 14.6 Å². The maximum absolute atomic E-state index is 13.1. The van der Waals surface area contributed by atoms with Crippen molar-refractivity contribution in [3.63, 3.8) is 0 Å². The maximum Gasteiger partial charge on any atom is 0.343 e. The lowest BCUT2D eigenvalue weighted by Gasteiger charge is -2.24. The molecule has 9 heteroatoms. The van der Waals surface area contributed by atoms with E-state index in [1.54, 1.807) is 42.3 Å². The van der Waals surface area contributed by atoms with Gasteiger partial charge in [-0.05, 0) is 31.2 Å². The first-order valence-corrected chi connectivity index (χ1v) is 11.4. The number of rotatable bonds is 7. The molecular weight excluding hydrogens is 450 g/mol. The molecule has 1 aliphatic heterocycles. The summed E-state index contributed by atoms with van der Waals surface area (Å²) < 4.78 is 18.1. The van der Waals surface area contributed by atoms with Gasteiger partial charge in [-0.15, -0.1) is 0 Å². The highest BCUT2D eigenvalue weighted by molar-refractivity contribution is 5.93. The largest absolute Gasteiger partial charge is 0.486 e. The highest BCUT2D eigenvalue weighted by atomic mass is 16.5. The van der Waals surface area contributed by atoms with Gasteiger partial charge in [-0.2, -0.15) is 0 Å². The minimum atomic E-state index is -0.701. The van der Waals surface area contributed by atoms with Gasteiger partial charge in [0.2, 0.25) is 0 Å². The number of fused-ring (bicyclic) bond motifs is 1. The number of hydrogen-bond donors (Lipinski definition) is 0. The van der Waals surface area contributed by atoms with Crippen LogP contribution in [0.1, 0.15) is 28.7 Å². The van der Waals surface area contributed by atoms with Crippen LogP contribution < -0.4 is 15.0 Å². The second-order valence-corrected chi connectivity index (χ2v) is 8.07. The van der Waals surface area contributed by atoms with Gasteiger partial charge in [0.05, 0.1) is 12.8 Å². The second-order valence-electron chi connectivity index (χ2n) is 8.07. The van der Waals surface area contributed by atoms with E-state index >= 15 is 0 Å². The molecule has 0 spiro atoms. The minimum absolute atomic E-state index is 0.0900. The van der Waals surface area contributed by atoms with Crippen LogP contribution in [-0.4, -0.2) is 52.6 Å². The van der Waals surface area contributed by atoms with Crippen molar-refractivity contribution in [3.8, 4) is 11.5 Å². The number of pyridine rings is 2. The molecule has 0 saturated carbocycles. The summed E-state index contributed by atoms with van der Waals surface area (Å²) in [5.41, 5.74) is 1.01. The predicted molar refractivity (Wildman–Crippen MR) is 127 cm³/mol. The van der Waals surface area contributed by atoms with Gasteiger partial charge >= 0.3 is 5.97 Å². The van der Waals surface area contributed by atoms with Crippen LogP contribution in [0.3, 0.4) is 0 Å². The van der Waals surface area contributed by atoms with Crippen LogP contribution in [0.5, 0.6) is 11.5 Å². The summed E-state index contributed by atoms with van der Waals surface area (Å²) in [5.74, 6) is -0.0593. The van der Waals surface area contributed by atoms with Gasteiger partial charge in [0, 0.05) is 44.0 Å². The maximum atomic E-state index is 13.1. The first-order chi connectivity index (χ1) is 17.0. The zero-order valence-corrected chi connectivity index (χ0v) is 19.7. The minimum Gasteiger partial charge on any atom is -0.486 e. The fourth-order valence-corrected chi connectivity index (χ4v) is 4.05. The summed E-state index contributed by atoms with van der Waals surface area (Å²) in [6, 6.07) is 15.8. The molecule has 0 aliphatic carbocycles. The van der Waals surface area contributed by atoms with Crippen molar-refractivity contribution < 1.29 is 23.8 Å². The molecule has 1 unspecified atom stereocenters. The van der Waals surface area contributed by atoms with Crippen LogP contribution in [0.2, 0.25) is 0 Å². The molecule has 0 bridgehead atoms. The number of amides is 1. The van der Waals surface area contributed by atoms with E-state index in [0.717, 1.165) is 0 Å². The Morgan fingerprint density at radius 1 is 1.06 bits per heavy atom. The van der Waals surface area contributed by atoms with Gasteiger partial charge in [0.25, 0.3) is 11.5 Å². The Morgan fingerprint density at radius 3 is 2.54 bits per heavy atom. The van der Waals surface area contributed by atoms with Crippen LogP contribution in [-0.2, 0) is 29.1 Å². The lowest BCUT2D eigenvalue weighted by atomic mass is 10.1. The van der Waals surface area contributed by atoms with Crippen molar-refractivity contribution in [2.75, 3.05) is 20.2 Å². The third-order valence-corrected chi connectivity index (χ3v) is 5.80. The van der Waals surface area contributed by atoms with Gasteiger partial charge < -0.3 is 23.7 Å². The fourth-order valence-electron chi connectivity index (χ4n) is 4.05. The predicted octanol–water partition coefficient (Wildman–Crippen LogP) is 2.46. The molecule has 3 aromatic rings. The van der Waals surface area contributed by atoms with Crippen LogP contribution >= 0.6 is 0 Å². The van der Waals surface area contributed by atoms with E-state index in [4.69, 9.17) is 14.2 Å². The molecule has 0 saturated heterocycles. The topological polar surface area (TPSA) is 100.0 Å². The van der Waals surface area contributed by atoms with E-state index in [2.05, 4.69) is 4.98 Å². The molecule has 0 radical (unpaired) electrons. The first-order valence-electron chi connectivity index (χ1n) is 11.4. The Kier molecular flexibility index (Phi) is 7.45. The zero-order valence-electron chi connectivity index (χ0n) is 19.7. The summed E-state index contributed by atoms with van der Waals surface area (Å²) >= 11 is 0. The molecule has 1 atom stereocenters. The van der Waals surface area contributed by atoms with Crippen molar-refractivity contribution in [2.45, 2.75) is 32.6 Å². The molecule has 0 N–H and O–H groups in total. The Bertz CT molecular complexity index is 1240. The van der Waals surface area contributed by atoms with Crippen molar-refractivity contribution in [3.05, 3.63) is 88.1 Å². The lowest BCUT2D eigenvalue weighted by molar-refractivity contribution is -0.137. The number of carbonyl (C=O) groups excluding carboxylic acids is 2. The molecule has 4 rings (SSSR count). The Balaban J connectivity index is 1.56. The molecule has 9 nitrogen and oxygen atoms in total. The Morgan fingerprint density at radius 2 is 1.83 bits per heavy atom.